The van der Waals surface area contributed by atoms with Gasteiger partial charge in [-0.3, -0.25) is 24.2 Å². The molecule has 9 heteroatoms. The Morgan fingerprint density at radius 1 is 1.21 bits per heavy atom. The number of ether oxygens (including phenoxy) is 1. The standard InChI is InChI=1S/C29H36FN5O3/c1-21(2)38-26-10-4-7-23(17-26)20-32-14-11-29(19-22(32)3)27(36)34(16-15-33-13-6-12-31-33)28(37)35(29)25-9-5-8-24(30)18-25/h4-9,12-13,17-18,21-22,26H,10-11,14-16,19-20H2,1-3H3/t22-,26?,29+/m0/s1. The van der Waals surface area contributed by atoms with E-state index in [4.69, 9.17) is 4.74 Å². The molecule has 0 radical (unpaired) electrons. The van der Waals surface area contributed by atoms with E-state index in [-0.39, 0.29) is 30.7 Å². The zero-order chi connectivity index (χ0) is 26.9. The second-order valence-electron chi connectivity index (χ2n) is 10.7. The molecule has 5 rings (SSSR count). The Bertz CT molecular complexity index is 1230. The highest BCUT2D eigenvalue weighted by Crippen LogP contribution is 2.42. The van der Waals surface area contributed by atoms with Crippen LogP contribution < -0.4 is 4.90 Å². The van der Waals surface area contributed by atoms with Gasteiger partial charge in [0, 0.05) is 37.2 Å². The second kappa shape index (κ2) is 10.8. The number of benzene rings is 1. The molecule has 2 aliphatic heterocycles. The van der Waals surface area contributed by atoms with Gasteiger partial charge in [-0.1, -0.05) is 24.3 Å². The van der Waals surface area contributed by atoms with Crippen molar-refractivity contribution in [3.05, 3.63) is 72.3 Å². The van der Waals surface area contributed by atoms with E-state index < -0.39 is 17.4 Å². The smallest absolute Gasteiger partial charge is 0.332 e. The Morgan fingerprint density at radius 2 is 2.05 bits per heavy atom. The van der Waals surface area contributed by atoms with Gasteiger partial charge in [0.05, 0.1) is 25.3 Å². The number of likely N-dealkylation sites (tertiary alicyclic amines) is 1. The van der Waals surface area contributed by atoms with Crippen LogP contribution in [0.2, 0.25) is 0 Å². The summed E-state index contributed by atoms with van der Waals surface area (Å²) < 4.78 is 22.0. The molecule has 1 aromatic heterocycles. The maximum Gasteiger partial charge on any atom is 0.332 e. The van der Waals surface area contributed by atoms with Crippen LogP contribution in [0.5, 0.6) is 0 Å². The van der Waals surface area contributed by atoms with E-state index in [1.165, 1.54) is 22.6 Å². The van der Waals surface area contributed by atoms with Gasteiger partial charge in [0.1, 0.15) is 11.4 Å². The van der Waals surface area contributed by atoms with Crippen molar-refractivity contribution in [3.63, 3.8) is 0 Å². The fraction of sp³-hybridized carbons (Fsp3) is 0.483. The largest absolute Gasteiger partial charge is 0.371 e. The molecule has 3 atom stereocenters. The Morgan fingerprint density at radius 3 is 2.76 bits per heavy atom. The van der Waals surface area contributed by atoms with Gasteiger partial charge in [0.15, 0.2) is 0 Å². The van der Waals surface area contributed by atoms with Crippen LogP contribution in [0, 0.1) is 5.82 Å². The predicted octanol–water partition coefficient (Wildman–Crippen LogP) is 4.39. The minimum absolute atomic E-state index is 0.0309. The highest BCUT2D eigenvalue weighted by Gasteiger charge is 2.59. The van der Waals surface area contributed by atoms with Crippen LogP contribution in [0.25, 0.3) is 0 Å². The normalized spacial score (nSPS) is 26.2. The van der Waals surface area contributed by atoms with E-state index in [1.807, 2.05) is 13.8 Å². The van der Waals surface area contributed by atoms with Crippen LogP contribution in [-0.4, -0.2) is 74.9 Å². The van der Waals surface area contributed by atoms with Gasteiger partial charge in [-0.15, -0.1) is 0 Å². The van der Waals surface area contributed by atoms with E-state index >= 15 is 0 Å². The third kappa shape index (κ3) is 5.17. The number of hydrogen-bond acceptors (Lipinski definition) is 5. The summed E-state index contributed by atoms with van der Waals surface area (Å²) in [5.41, 5.74) is 0.559. The van der Waals surface area contributed by atoms with E-state index in [9.17, 15) is 14.0 Å². The topological polar surface area (TPSA) is 70.9 Å². The molecule has 8 nitrogen and oxygen atoms in total. The molecule has 3 amide bonds. The van der Waals surface area contributed by atoms with Crippen molar-refractivity contribution in [1.82, 2.24) is 19.6 Å². The lowest BCUT2D eigenvalue weighted by atomic mass is 9.81. The summed E-state index contributed by atoms with van der Waals surface area (Å²) >= 11 is 0. The van der Waals surface area contributed by atoms with E-state index in [2.05, 4.69) is 35.2 Å². The van der Waals surface area contributed by atoms with Gasteiger partial charge >= 0.3 is 6.03 Å². The highest BCUT2D eigenvalue weighted by molar-refractivity contribution is 6.17. The summed E-state index contributed by atoms with van der Waals surface area (Å²) in [5, 5.41) is 4.20. The number of carbonyl (C=O) groups is 2. The highest BCUT2D eigenvalue weighted by atomic mass is 19.1. The van der Waals surface area contributed by atoms with Gasteiger partial charge in [-0.2, -0.15) is 5.10 Å². The van der Waals surface area contributed by atoms with Crippen molar-refractivity contribution in [3.8, 4) is 0 Å². The number of anilines is 1. The molecule has 2 saturated heterocycles. The van der Waals surface area contributed by atoms with Crippen molar-refractivity contribution in [1.29, 1.82) is 0 Å². The van der Waals surface area contributed by atoms with Gasteiger partial charge in [-0.05, 0) is 69.9 Å². The molecule has 1 aliphatic carbocycles. The minimum Gasteiger partial charge on any atom is -0.371 e. The first-order chi connectivity index (χ1) is 18.3. The number of halogens is 1. The molecule has 3 heterocycles. The SMILES string of the molecule is CC(C)OC1C=C(CN2CC[C@@]3(C[C@@H]2C)C(=O)N(CCn2cccn2)C(=O)N3c2cccc(F)c2)C=CC1. The van der Waals surface area contributed by atoms with Crippen molar-refractivity contribution < 1.29 is 18.7 Å². The first-order valence-corrected chi connectivity index (χ1v) is 13.4. The van der Waals surface area contributed by atoms with Crippen LogP contribution >= 0.6 is 0 Å². The van der Waals surface area contributed by atoms with Crippen molar-refractivity contribution in [2.45, 2.75) is 70.4 Å². The molecule has 1 unspecified atom stereocenters. The third-order valence-corrected chi connectivity index (χ3v) is 7.67. The maximum atomic E-state index is 14.3. The molecule has 202 valence electrons. The van der Waals surface area contributed by atoms with Crippen molar-refractivity contribution in [2.75, 3.05) is 24.5 Å². The molecule has 2 aromatic rings. The van der Waals surface area contributed by atoms with Gasteiger partial charge in [0.2, 0.25) is 0 Å². The van der Waals surface area contributed by atoms with Crippen LogP contribution in [0.4, 0.5) is 14.9 Å². The Labute approximate surface area is 223 Å². The number of amides is 3. The van der Waals surface area contributed by atoms with Crippen molar-refractivity contribution in [2.24, 2.45) is 0 Å². The zero-order valence-electron chi connectivity index (χ0n) is 22.3. The Hall–Kier alpha value is -3.30. The van der Waals surface area contributed by atoms with Crippen LogP contribution in [0.1, 0.15) is 40.0 Å². The fourth-order valence-corrected chi connectivity index (χ4v) is 5.94. The summed E-state index contributed by atoms with van der Waals surface area (Å²) in [6.07, 6.45) is 12.0. The van der Waals surface area contributed by atoms with E-state index in [1.54, 1.807) is 40.2 Å². The number of urea groups is 1. The van der Waals surface area contributed by atoms with E-state index in [0.29, 0.717) is 31.6 Å². The first kappa shape index (κ1) is 26.3. The molecular formula is C29H36FN5O3. The quantitative estimate of drug-likeness (QED) is 0.482. The molecule has 0 bridgehead atoms. The van der Waals surface area contributed by atoms with Crippen LogP contribution in [0.3, 0.4) is 0 Å². The molecule has 38 heavy (non-hydrogen) atoms. The van der Waals surface area contributed by atoms with Gasteiger partial charge < -0.3 is 4.74 Å². The monoisotopic (exact) mass is 521 g/mol. The molecule has 1 aromatic carbocycles. The first-order valence-electron chi connectivity index (χ1n) is 13.4. The number of imide groups is 1. The molecule has 0 N–H and O–H groups in total. The van der Waals surface area contributed by atoms with Crippen molar-refractivity contribution >= 4 is 17.6 Å². The molecular weight excluding hydrogens is 485 g/mol. The number of aromatic nitrogens is 2. The van der Waals surface area contributed by atoms with Crippen LogP contribution in [-0.2, 0) is 16.1 Å². The average Bonchev–Trinajstić information content (AvgIpc) is 3.45. The molecule has 2 fully saturated rings. The predicted molar refractivity (Wildman–Crippen MR) is 143 cm³/mol. The van der Waals surface area contributed by atoms with E-state index in [0.717, 1.165) is 13.0 Å². The average molecular weight is 522 g/mol. The van der Waals surface area contributed by atoms with Crippen LogP contribution in [0.15, 0.2) is 66.5 Å². The summed E-state index contributed by atoms with van der Waals surface area (Å²) in [4.78, 5) is 32.9. The Kier molecular flexibility index (Phi) is 7.49. The molecule has 0 saturated carbocycles. The lowest BCUT2D eigenvalue weighted by molar-refractivity contribution is -0.133. The zero-order valence-corrected chi connectivity index (χ0v) is 22.3. The fourth-order valence-electron chi connectivity index (χ4n) is 5.94. The van der Waals surface area contributed by atoms with Gasteiger partial charge in [-0.25, -0.2) is 9.18 Å². The number of nitrogens with zero attached hydrogens (tertiary/aromatic N) is 5. The number of piperidine rings is 1. The maximum absolute atomic E-state index is 14.3. The van der Waals surface area contributed by atoms with Gasteiger partial charge in [0.25, 0.3) is 5.91 Å². The summed E-state index contributed by atoms with van der Waals surface area (Å²) in [6.45, 7) is 8.18. The third-order valence-electron chi connectivity index (χ3n) is 7.67. The minimum atomic E-state index is -1.05. The molecule has 1 spiro atoms. The second-order valence-corrected chi connectivity index (χ2v) is 10.7. The number of hydrogen-bond donors (Lipinski definition) is 0. The lowest BCUT2D eigenvalue weighted by Gasteiger charge is -2.46. The number of rotatable bonds is 8. The number of carbonyl (C=O) groups excluding carboxylic acids is 2. The Balaban J connectivity index is 1.38. The summed E-state index contributed by atoms with van der Waals surface area (Å²) in [5.74, 6) is -0.653. The lowest BCUT2D eigenvalue weighted by Crippen LogP contribution is -2.59. The summed E-state index contributed by atoms with van der Waals surface area (Å²) in [7, 11) is 0. The summed E-state index contributed by atoms with van der Waals surface area (Å²) in [6, 6.07) is 7.41. The molecule has 3 aliphatic rings.